The van der Waals surface area contributed by atoms with Gasteiger partial charge in [0.15, 0.2) is 0 Å². The lowest BCUT2D eigenvalue weighted by Crippen LogP contribution is -2.31. The van der Waals surface area contributed by atoms with E-state index in [-0.39, 0.29) is 6.10 Å². The van der Waals surface area contributed by atoms with Crippen molar-refractivity contribution in [1.29, 1.82) is 0 Å². The van der Waals surface area contributed by atoms with E-state index in [2.05, 4.69) is 43.4 Å². The molecule has 0 bridgehead atoms. The molecule has 1 saturated carbocycles. The molecule has 0 aromatic heterocycles. The van der Waals surface area contributed by atoms with E-state index in [4.69, 9.17) is 4.74 Å². The molecule has 0 spiro atoms. The van der Waals surface area contributed by atoms with Gasteiger partial charge in [0.05, 0.1) is 6.10 Å². The first-order valence-electron chi connectivity index (χ1n) is 6.53. The summed E-state index contributed by atoms with van der Waals surface area (Å²) < 4.78 is 5.29. The van der Waals surface area contributed by atoms with Crippen molar-refractivity contribution in [1.82, 2.24) is 5.32 Å². The number of hydrogen-bond donors (Lipinski definition) is 1. The van der Waals surface area contributed by atoms with Gasteiger partial charge in [-0.2, -0.15) is 0 Å². The quantitative estimate of drug-likeness (QED) is 0.815. The molecule has 1 N–H and O–H groups in total. The van der Waals surface area contributed by atoms with Gasteiger partial charge < -0.3 is 10.1 Å². The second-order valence-corrected chi connectivity index (χ2v) is 5.18. The van der Waals surface area contributed by atoms with Crippen molar-refractivity contribution < 1.29 is 4.74 Å². The van der Waals surface area contributed by atoms with Crippen LogP contribution in [0.2, 0.25) is 0 Å². The highest BCUT2D eigenvalue weighted by Gasteiger charge is 2.32. The molecule has 2 atom stereocenters. The second kappa shape index (κ2) is 5.65. The standard InChI is InChI=1S/C15H23NO/c1-11-4-6-13(7-5-11)15(14-8-9-14)16-10-12(2)17-3/h4-7,12,14-16H,8-10H2,1-3H3. The highest BCUT2D eigenvalue weighted by molar-refractivity contribution is 5.25. The molecule has 2 rings (SSSR count). The van der Waals surface area contributed by atoms with Gasteiger partial charge in [-0.25, -0.2) is 0 Å². The molecule has 1 aromatic rings. The lowest BCUT2D eigenvalue weighted by atomic mass is 10.0. The fraction of sp³-hybridized carbons (Fsp3) is 0.600. The SMILES string of the molecule is COC(C)CNC(c1ccc(C)cc1)C1CC1. The maximum atomic E-state index is 5.29. The molecule has 1 fully saturated rings. The number of methoxy groups -OCH3 is 1. The third kappa shape index (κ3) is 3.55. The molecule has 1 aliphatic rings. The number of rotatable bonds is 6. The van der Waals surface area contributed by atoms with Crippen molar-refractivity contribution in [2.24, 2.45) is 5.92 Å². The summed E-state index contributed by atoms with van der Waals surface area (Å²) in [6, 6.07) is 9.41. The Morgan fingerprint density at radius 1 is 1.29 bits per heavy atom. The summed E-state index contributed by atoms with van der Waals surface area (Å²) >= 11 is 0. The zero-order chi connectivity index (χ0) is 12.3. The van der Waals surface area contributed by atoms with Crippen LogP contribution >= 0.6 is 0 Å². The molecular weight excluding hydrogens is 210 g/mol. The number of hydrogen-bond acceptors (Lipinski definition) is 2. The number of ether oxygens (including phenoxy) is 1. The summed E-state index contributed by atoms with van der Waals surface area (Å²) in [5.41, 5.74) is 2.75. The van der Waals surface area contributed by atoms with Crippen LogP contribution in [-0.2, 0) is 4.74 Å². The Morgan fingerprint density at radius 2 is 1.94 bits per heavy atom. The lowest BCUT2D eigenvalue weighted by Gasteiger charge is -2.21. The van der Waals surface area contributed by atoms with E-state index >= 15 is 0 Å². The fourth-order valence-corrected chi connectivity index (χ4v) is 2.14. The number of nitrogens with one attached hydrogen (secondary N) is 1. The van der Waals surface area contributed by atoms with Crippen LogP contribution in [0, 0.1) is 12.8 Å². The van der Waals surface area contributed by atoms with E-state index < -0.39 is 0 Å². The normalized spacial score (nSPS) is 19.0. The smallest absolute Gasteiger partial charge is 0.0667 e. The van der Waals surface area contributed by atoms with Gasteiger partial charge in [-0.05, 0) is 38.2 Å². The maximum absolute atomic E-state index is 5.29. The van der Waals surface area contributed by atoms with E-state index in [1.165, 1.54) is 24.0 Å². The molecular formula is C15H23NO. The van der Waals surface area contributed by atoms with Crippen molar-refractivity contribution in [3.63, 3.8) is 0 Å². The second-order valence-electron chi connectivity index (χ2n) is 5.18. The largest absolute Gasteiger partial charge is 0.380 e. The molecule has 1 aliphatic carbocycles. The highest BCUT2D eigenvalue weighted by atomic mass is 16.5. The van der Waals surface area contributed by atoms with E-state index in [1.54, 1.807) is 7.11 Å². The minimum Gasteiger partial charge on any atom is -0.380 e. The molecule has 0 amide bonds. The van der Waals surface area contributed by atoms with Crippen LogP contribution in [-0.4, -0.2) is 19.8 Å². The van der Waals surface area contributed by atoms with Crippen molar-refractivity contribution in [3.8, 4) is 0 Å². The zero-order valence-electron chi connectivity index (χ0n) is 11.1. The van der Waals surface area contributed by atoms with Crippen molar-refractivity contribution in [2.45, 2.75) is 38.8 Å². The molecule has 94 valence electrons. The molecule has 17 heavy (non-hydrogen) atoms. The Morgan fingerprint density at radius 3 is 2.47 bits per heavy atom. The maximum Gasteiger partial charge on any atom is 0.0667 e. The van der Waals surface area contributed by atoms with Crippen LogP contribution in [0.25, 0.3) is 0 Å². The van der Waals surface area contributed by atoms with Crippen LogP contribution in [0.5, 0.6) is 0 Å². The first-order chi connectivity index (χ1) is 8.20. The Labute approximate surface area is 104 Å². The van der Waals surface area contributed by atoms with Crippen molar-refractivity contribution in [3.05, 3.63) is 35.4 Å². The van der Waals surface area contributed by atoms with Crippen LogP contribution in [0.4, 0.5) is 0 Å². The zero-order valence-corrected chi connectivity index (χ0v) is 11.1. The number of aryl methyl sites for hydroxylation is 1. The van der Waals surface area contributed by atoms with Gasteiger partial charge in [0.25, 0.3) is 0 Å². The third-order valence-corrected chi connectivity index (χ3v) is 3.56. The van der Waals surface area contributed by atoms with Crippen molar-refractivity contribution in [2.75, 3.05) is 13.7 Å². The van der Waals surface area contributed by atoms with Crippen LogP contribution < -0.4 is 5.32 Å². The first-order valence-corrected chi connectivity index (χ1v) is 6.53. The highest BCUT2D eigenvalue weighted by Crippen LogP contribution is 2.40. The minimum absolute atomic E-state index is 0.279. The van der Waals surface area contributed by atoms with E-state index in [0.717, 1.165) is 12.5 Å². The lowest BCUT2D eigenvalue weighted by molar-refractivity contribution is 0.113. The summed E-state index contributed by atoms with van der Waals surface area (Å²) in [5.74, 6) is 0.821. The Kier molecular flexibility index (Phi) is 4.19. The van der Waals surface area contributed by atoms with Crippen LogP contribution in [0.15, 0.2) is 24.3 Å². The predicted molar refractivity (Wildman–Crippen MR) is 71.1 cm³/mol. The minimum atomic E-state index is 0.279. The van der Waals surface area contributed by atoms with Gasteiger partial charge >= 0.3 is 0 Å². The average molecular weight is 233 g/mol. The topological polar surface area (TPSA) is 21.3 Å². The Balaban J connectivity index is 1.99. The van der Waals surface area contributed by atoms with Gasteiger partial charge in [-0.1, -0.05) is 29.8 Å². The van der Waals surface area contributed by atoms with E-state index in [9.17, 15) is 0 Å². The van der Waals surface area contributed by atoms with Crippen molar-refractivity contribution >= 4 is 0 Å². The summed E-state index contributed by atoms with van der Waals surface area (Å²) in [7, 11) is 1.77. The van der Waals surface area contributed by atoms with Gasteiger partial charge in [0.1, 0.15) is 0 Å². The first kappa shape index (κ1) is 12.6. The summed E-state index contributed by atoms with van der Waals surface area (Å²) in [5, 5.41) is 3.64. The molecule has 1 aromatic carbocycles. The monoisotopic (exact) mass is 233 g/mol. The Hall–Kier alpha value is -0.860. The molecule has 0 saturated heterocycles. The fourth-order valence-electron chi connectivity index (χ4n) is 2.14. The summed E-state index contributed by atoms with van der Waals surface area (Å²) in [4.78, 5) is 0. The third-order valence-electron chi connectivity index (χ3n) is 3.56. The summed E-state index contributed by atoms with van der Waals surface area (Å²) in [6.45, 7) is 5.16. The predicted octanol–water partition coefficient (Wildman–Crippen LogP) is 3.07. The molecule has 0 radical (unpaired) electrons. The van der Waals surface area contributed by atoms with E-state index in [1.807, 2.05) is 0 Å². The molecule has 2 unspecified atom stereocenters. The van der Waals surface area contributed by atoms with Gasteiger partial charge in [-0.3, -0.25) is 0 Å². The van der Waals surface area contributed by atoms with E-state index in [0.29, 0.717) is 6.04 Å². The van der Waals surface area contributed by atoms with Gasteiger partial charge in [0.2, 0.25) is 0 Å². The Bertz CT molecular complexity index is 342. The molecule has 0 aliphatic heterocycles. The van der Waals surface area contributed by atoms with Crippen LogP contribution in [0.3, 0.4) is 0 Å². The number of benzene rings is 1. The van der Waals surface area contributed by atoms with Crippen LogP contribution in [0.1, 0.15) is 36.9 Å². The molecule has 0 heterocycles. The van der Waals surface area contributed by atoms with Gasteiger partial charge in [-0.15, -0.1) is 0 Å². The average Bonchev–Trinajstić information content (AvgIpc) is 3.15. The van der Waals surface area contributed by atoms with Gasteiger partial charge in [0, 0.05) is 19.7 Å². The molecule has 2 nitrogen and oxygen atoms in total. The molecule has 2 heteroatoms. The summed E-state index contributed by atoms with van der Waals surface area (Å²) in [6.07, 6.45) is 2.99.